The number of halogens is 2. The van der Waals surface area contributed by atoms with Crippen molar-refractivity contribution in [2.24, 2.45) is 7.05 Å². The van der Waals surface area contributed by atoms with Crippen LogP contribution in [0.15, 0.2) is 35.1 Å². The van der Waals surface area contributed by atoms with Crippen molar-refractivity contribution in [2.75, 3.05) is 5.32 Å². The standard InChI is InChI=1S/C20H18Cl2N4O/c1-4-14-10(2)11-8-9-15-18(16(11)19(27)23-14)26(3)20(24-15)25-17-12(21)6-5-7-13(17)22/h5-9H,4H2,1-3H3,(H,23,27)(H,24,25). The lowest BCUT2D eigenvalue weighted by Crippen LogP contribution is -2.12. The number of pyridine rings is 1. The molecule has 2 N–H and O–H groups in total. The lowest BCUT2D eigenvalue weighted by molar-refractivity contribution is 0.958. The third-order valence-electron chi connectivity index (χ3n) is 4.94. The zero-order chi connectivity index (χ0) is 19.3. The molecule has 2 aromatic carbocycles. The minimum absolute atomic E-state index is 0.108. The molecule has 0 aliphatic carbocycles. The number of rotatable bonds is 3. The number of fused-ring (bicyclic) bond motifs is 3. The molecule has 4 aromatic rings. The van der Waals surface area contributed by atoms with Crippen LogP contribution in [0.25, 0.3) is 21.8 Å². The van der Waals surface area contributed by atoms with Gasteiger partial charge in [-0.05, 0) is 42.5 Å². The van der Waals surface area contributed by atoms with E-state index in [1.54, 1.807) is 18.2 Å². The summed E-state index contributed by atoms with van der Waals surface area (Å²) in [6, 6.07) is 9.19. The van der Waals surface area contributed by atoms with Crippen LogP contribution in [0.2, 0.25) is 10.0 Å². The molecule has 0 atom stereocenters. The second kappa shape index (κ2) is 6.59. The number of para-hydroxylation sites is 1. The van der Waals surface area contributed by atoms with Crippen LogP contribution < -0.4 is 10.9 Å². The van der Waals surface area contributed by atoms with E-state index in [0.717, 1.165) is 34.1 Å². The molecule has 0 aliphatic rings. The zero-order valence-corrected chi connectivity index (χ0v) is 16.7. The van der Waals surface area contributed by atoms with E-state index in [4.69, 9.17) is 23.2 Å². The number of aromatic nitrogens is 3. The van der Waals surface area contributed by atoms with Crippen molar-refractivity contribution in [1.82, 2.24) is 14.5 Å². The van der Waals surface area contributed by atoms with Crippen LogP contribution in [-0.4, -0.2) is 14.5 Å². The van der Waals surface area contributed by atoms with Crippen LogP contribution in [0.5, 0.6) is 0 Å². The molecule has 2 aromatic heterocycles. The molecule has 5 nitrogen and oxygen atoms in total. The summed E-state index contributed by atoms with van der Waals surface area (Å²) in [7, 11) is 1.87. The Kier molecular flexibility index (Phi) is 4.36. The van der Waals surface area contributed by atoms with Gasteiger partial charge in [-0.15, -0.1) is 0 Å². The highest BCUT2D eigenvalue weighted by molar-refractivity contribution is 6.39. The maximum absolute atomic E-state index is 12.8. The maximum Gasteiger partial charge on any atom is 0.258 e. The first-order valence-electron chi connectivity index (χ1n) is 8.64. The van der Waals surface area contributed by atoms with Crippen LogP contribution in [-0.2, 0) is 13.5 Å². The summed E-state index contributed by atoms with van der Waals surface area (Å²) in [4.78, 5) is 20.4. The Balaban J connectivity index is 1.99. The normalized spacial score (nSPS) is 11.4. The van der Waals surface area contributed by atoms with Crippen molar-refractivity contribution in [3.8, 4) is 0 Å². The first-order chi connectivity index (χ1) is 12.9. The zero-order valence-electron chi connectivity index (χ0n) is 15.2. The molecule has 0 amide bonds. The number of imidazole rings is 1. The van der Waals surface area contributed by atoms with Gasteiger partial charge in [0.2, 0.25) is 5.95 Å². The molecule has 0 saturated carbocycles. The smallest absolute Gasteiger partial charge is 0.258 e. The van der Waals surface area contributed by atoms with Crippen LogP contribution in [0.3, 0.4) is 0 Å². The molecule has 0 radical (unpaired) electrons. The molecule has 0 saturated heterocycles. The molecule has 0 unspecified atom stereocenters. The van der Waals surface area contributed by atoms with Crippen LogP contribution in [0.1, 0.15) is 18.2 Å². The average molecular weight is 401 g/mol. The summed E-state index contributed by atoms with van der Waals surface area (Å²) in [6.07, 6.45) is 0.776. The number of nitrogens with one attached hydrogen (secondary N) is 2. The number of hydrogen-bond acceptors (Lipinski definition) is 3. The fourth-order valence-corrected chi connectivity index (χ4v) is 3.99. The Labute approximate surface area is 165 Å². The fraction of sp³-hybridized carbons (Fsp3) is 0.200. The highest BCUT2D eigenvalue weighted by atomic mass is 35.5. The number of nitrogens with zero attached hydrogens (tertiary/aromatic N) is 2. The Morgan fingerprint density at radius 3 is 2.56 bits per heavy atom. The Morgan fingerprint density at radius 2 is 1.89 bits per heavy atom. The molecule has 0 spiro atoms. The molecule has 0 aliphatic heterocycles. The molecular formula is C20H18Cl2N4O. The highest BCUT2D eigenvalue weighted by Crippen LogP contribution is 2.34. The first-order valence-corrected chi connectivity index (χ1v) is 9.40. The Hall–Kier alpha value is -2.50. The molecule has 0 fully saturated rings. The predicted molar refractivity (Wildman–Crippen MR) is 113 cm³/mol. The molecule has 2 heterocycles. The van der Waals surface area contributed by atoms with E-state index in [0.29, 0.717) is 27.1 Å². The topological polar surface area (TPSA) is 62.7 Å². The van der Waals surface area contributed by atoms with E-state index < -0.39 is 0 Å². The minimum atomic E-state index is -0.108. The minimum Gasteiger partial charge on any atom is -0.325 e. The monoisotopic (exact) mass is 400 g/mol. The Bertz CT molecular complexity index is 1240. The second-order valence-electron chi connectivity index (χ2n) is 6.48. The number of aromatic amines is 1. The van der Waals surface area contributed by atoms with Gasteiger partial charge in [0.15, 0.2) is 0 Å². The van der Waals surface area contributed by atoms with Crippen molar-refractivity contribution in [3.05, 3.63) is 62.0 Å². The van der Waals surface area contributed by atoms with Gasteiger partial charge in [0.25, 0.3) is 5.56 Å². The van der Waals surface area contributed by atoms with E-state index >= 15 is 0 Å². The van der Waals surface area contributed by atoms with Gasteiger partial charge < -0.3 is 14.9 Å². The lowest BCUT2D eigenvalue weighted by atomic mass is 10.0. The predicted octanol–water partition coefficient (Wildman–Crippen LogP) is 5.34. The average Bonchev–Trinajstić information content (AvgIpc) is 2.96. The number of anilines is 2. The van der Waals surface area contributed by atoms with Gasteiger partial charge in [-0.2, -0.15) is 0 Å². The van der Waals surface area contributed by atoms with Crippen molar-refractivity contribution < 1.29 is 0 Å². The van der Waals surface area contributed by atoms with Gasteiger partial charge in [-0.1, -0.05) is 42.3 Å². The molecule has 4 rings (SSSR count). The SMILES string of the molecule is CCc1[nH]c(=O)c2c(ccc3nc(Nc4c(Cl)cccc4Cl)n(C)c32)c1C. The van der Waals surface area contributed by atoms with Gasteiger partial charge in [-0.3, -0.25) is 4.79 Å². The van der Waals surface area contributed by atoms with Crippen molar-refractivity contribution >= 4 is 56.6 Å². The van der Waals surface area contributed by atoms with Gasteiger partial charge in [0.1, 0.15) is 0 Å². The summed E-state index contributed by atoms with van der Waals surface area (Å²) in [5.41, 5.74) is 4.01. The third-order valence-corrected chi connectivity index (χ3v) is 5.57. The number of benzene rings is 2. The first kappa shape index (κ1) is 17.9. The molecular weight excluding hydrogens is 383 g/mol. The lowest BCUT2D eigenvalue weighted by Gasteiger charge is -2.11. The number of aryl methyl sites for hydroxylation is 3. The van der Waals surface area contributed by atoms with E-state index in [2.05, 4.69) is 15.3 Å². The van der Waals surface area contributed by atoms with Gasteiger partial charge in [0.05, 0.1) is 32.2 Å². The fourth-order valence-electron chi connectivity index (χ4n) is 3.50. The summed E-state index contributed by atoms with van der Waals surface area (Å²) in [6.45, 7) is 4.06. The molecule has 0 bridgehead atoms. The van der Waals surface area contributed by atoms with Crippen LogP contribution >= 0.6 is 23.2 Å². The number of H-pyrrole nitrogens is 1. The summed E-state index contributed by atoms with van der Waals surface area (Å²) in [5, 5.41) is 5.77. The molecule has 138 valence electrons. The van der Waals surface area contributed by atoms with E-state index in [9.17, 15) is 4.79 Å². The summed E-state index contributed by atoms with van der Waals surface area (Å²) < 4.78 is 1.86. The third kappa shape index (κ3) is 2.78. The van der Waals surface area contributed by atoms with E-state index in [1.807, 2.05) is 37.6 Å². The van der Waals surface area contributed by atoms with Gasteiger partial charge >= 0.3 is 0 Å². The summed E-state index contributed by atoms with van der Waals surface area (Å²) in [5.74, 6) is 0.559. The van der Waals surface area contributed by atoms with Crippen LogP contribution in [0, 0.1) is 6.92 Å². The van der Waals surface area contributed by atoms with Crippen molar-refractivity contribution in [3.63, 3.8) is 0 Å². The maximum atomic E-state index is 12.8. The largest absolute Gasteiger partial charge is 0.325 e. The van der Waals surface area contributed by atoms with E-state index in [-0.39, 0.29) is 5.56 Å². The van der Waals surface area contributed by atoms with Gasteiger partial charge in [0, 0.05) is 12.7 Å². The second-order valence-corrected chi connectivity index (χ2v) is 7.30. The Morgan fingerprint density at radius 1 is 1.19 bits per heavy atom. The number of hydrogen-bond donors (Lipinski definition) is 2. The summed E-state index contributed by atoms with van der Waals surface area (Å²) >= 11 is 12.5. The highest BCUT2D eigenvalue weighted by Gasteiger charge is 2.17. The van der Waals surface area contributed by atoms with Crippen molar-refractivity contribution in [1.29, 1.82) is 0 Å². The van der Waals surface area contributed by atoms with Gasteiger partial charge in [-0.25, -0.2) is 4.98 Å². The molecule has 27 heavy (non-hydrogen) atoms. The van der Waals surface area contributed by atoms with E-state index in [1.165, 1.54) is 0 Å². The van der Waals surface area contributed by atoms with Crippen molar-refractivity contribution in [2.45, 2.75) is 20.3 Å². The molecule has 7 heteroatoms. The van der Waals surface area contributed by atoms with Crippen LogP contribution in [0.4, 0.5) is 11.6 Å². The quantitative estimate of drug-likeness (QED) is 0.487.